The number of rotatable bonds is 46. The Kier molecular flexibility index (Phi) is 41.6. The molecule has 0 rings (SSSR count). The smallest absolute Gasteiger partial charge is 0.305 e. The van der Waals surface area contributed by atoms with Crippen LogP contribution in [0.25, 0.3) is 0 Å². The van der Waals surface area contributed by atoms with Gasteiger partial charge in [0.2, 0.25) is 10.0 Å². The zero-order valence-electron chi connectivity index (χ0n) is 38.9. The second kappa shape index (κ2) is 42.5. The first kappa shape index (κ1) is 56.8. The fraction of sp³-hybridized carbons (Fsp3) is 0.958. The predicted octanol–water partition coefficient (Wildman–Crippen LogP) is 12.3. The number of nitrogens with zero attached hydrogens (tertiary/aromatic N) is 1. The Morgan fingerprint density at radius 3 is 1.26 bits per heavy atom. The number of sulfonamides is 1. The quantitative estimate of drug-likeness (QED) is 0.0476. The number of nitrogens with one attached hydrogen (secondary N) is 1. The SMILES string of the molecule is CCCCCC(CCCCC)CCOC(=O)CCCCCCCN(CCCCCCCC(=O)OCCC(CCCCC)CCCCC)CCCNS(=O)(=O)CCOC. The maximum absolute atomic E-state index is 12.4. The number of unbranched alkanes of at least 4 members (excludes halogenated alkanes) is 16. The Bertz CT molecular complexity index is 936. The second-order valence-corrected chi connectivity index (χ2v) is 19.1. The number of carbonyl (C=O) groups excluding carboxylic acids is 2. The number of methoxy groups -OCH3 is 1. The van der Waals surface area contributed by atoms with E-state index in [1.54, 1.807) is 0 Å². The largest absolute Gasteiger partial charge is 0.466 e. The zero-order chi connectivity index (χ0) is 42.8. The highest BCUT2D eigenvalue weighted by Crippen LogP contribution is 2.22. The molecule has 0 radical (unpaired) electrons. The molecule has 0 aromatic rings. The van der Waals surface area contributed by atoms with Crippen LogP contribution in [0.15, 0.2) is 0 Å². The zero-order valence-corrected chi connectivity index (χ0v) is 39.8. The van der Waals surface area contributed by atoms with Crippen LogP contribution in [-0.2, 0) is 33.8 Å². The Labute approximate surface area is 360 Å². The number of hydrogen-bond donors (Lipinski definition) is 1. The van der Waals surface area contributed by atoms with Crippen LogP contribution in [0, 0.1) is 11.8 Å². The molecule has 0 spiro atoms. The van der Waals surface area contributed by atoms with E-state index >= 15 is 0 Å². The summed E-state index contributed by atoms with van der Waals surface area (Å²) in [6.45, 7) is 13.6. The van der Waals surface area contributed by atoms with E-state index in [-0.39, 0.29) is 24.3 Å². The Balaban J connectivity index is 4.43. The van der Waals surface area contributed by atoms with E-state index in [0.717, 1.165) is 103 Å². The van der Waals surface area contributed by atoms with E-state index in [1.807, 2.05) is 0 Å². The molecule has 0 atom stereocenters. The average Bonchev–Trinajstić information content (AvgIpc) is 3.20. The maximum Gasteiger partial charge on any atom is 0.305 e. The lowest BCUT2D eigenvalue weighted by atomic mass is 9.92. The summed E-state index contributed by atoms with van der Waals surface area (Å²) in [5.41, 5.74) is 0. The van der Waals surface area contributed by atoms with E-state index in [4.69, 9.17) is 14.2 Å². The van der Waals surface area contributed by atoms with Gasteiger partial charge in [0, 0.05) is 26.5 Å². The monoisotopic (exact) mass is 845 g/mol. The average molecular weight is 845 g/mol. The fourth-order valence-corrected chi connectivity index (χ4v) is 8.81. The van der Waals surface area contributed by atoms with Crippen molar-refractivity contribution in [1.29, 1.82) is 0 Å². The molecule has 0 aliphatic rings. The van der Waals surface area contributed by atoms with Gasteiger partial charge in [-0.3, -0.25) is 9.59 Å². The summed E-state index contributed by atoms with van der Waals surface area (Å²) in [4.78, 5) is 27.3. The molecule has 1 N–H and O–H groups in total. The van der Waals surface area contributed by atoms with Crippen LogP contribution < -0.4 is 4.72 Å². The number of ether oxygens (including phenoxy) is 3. The fourth-order valence-electron chi connectivity index (χ4n) is 7.82. The van der Waals surface area contributed by atoms with E-state index < -0.39 is 10.0 Å². The molecule has 58 heavy (non-hydrogen) atoms. The van der Waals surface area contributed by atoms with Crippen molar-refractivity contribution in [3.8, 4) is 0 Å². The minimum absolute atomic E-state index is 0.0138. The summed E-state index contributed by atoms with van der Waals surface area (Å²) in [5.74, 6) is 1.27. The van der Waals surface area contributed by atoms with Gasteiger partial charge in [0.1, 0.15) is 0 Å². The highest BCUT2D eigenvalue weighted by Gasteiger charge is 2.13. The maximum atomic E-state index is 12.4. The van der Waals surface area contributed by atoms with Crippen molar-refractivity contribution < 1.29 is 32.2 Å². The van der Waals surface area contributed by atoms with Crippen LogP contribution in [0.5, 0.6) is 0 Å². The van der Waals surface area contributed by atoms with Gasteiger partial charge >= 0.3 is 11.9 Å². The summed E-state index contributed by atoms with van der Waals surface area (Å²) in [6.07, 6.45) is 34.7. The van der Waals surface area contributed by atoms with Gasteiger partial charge in [-0.1, -0.05) is 169 Å². The van der Waals surface area contributed by atoms with Gasteiger partial charge in [0.25, 0.3) is 0 Å². The third kappa shape index (κ3) is 38.9. The molecule has 0 fully saturated rings. The lowest BCUT2D eigenvalue weighted by molar-refractivity contribution is -0.145. The van der Waals surface area contributed by atoms with E-state index in [1.165, 1.54) is 110 Å². The van der Waals surface area contributed by atoms with Gasteiger partial charge in [0.15, 0.2) is 0 Å². The Morgan fingerprint density at radius 1 is 0.483 bits per heavy atom. The topological polar surface area (TPSA) is 111 Å². The minimum atomic E-state index is -3.31. The second-order valence-electron chi connectivity index (χ2n) is 17.2. The summed E-state index contributed by atoms with van der Waals surface area (Å²) in [7, 11) is -1.80. The van der Waals surface area contributed by atoms with Crippen LogP contribution in [0.3, 0.4) is 0 Å². The van der Waals surface area contributed by atoms with Gasteiger partial charge in [0.05, 0.1) is 25.6 Å². The predicted molar refractivity (Wildman–Crippen MR) is 245 cm³/mol. The third-order valence-corrected chi connectivity index (χ3v) is 13.0. The molecule has 346 valence electrons. The van der Waals surface area contributed by atoms with Crippen LogP contribution in [0.1, 0.15) is 227 Å². The van der Waals surface area contributed by atoms with Crippen molar-refractivity contribution in [1.82, 2.24) is 9.62 Å². The van der Waals surface area contributed by atoms with Crippen molar-refractivity contribution >= 4 is 22.0 Å². The molecule has 0 aromatic heterocycles. The molecule has 9 nitrogen and oxygen atoms in total. The van der Waals surface area contributed by atoms with Crippen molar-refractivity contribution in [3.05, 3.63) is 0 Å². The lowest BCUT2D eigenvalue weighted by Gasteiger charge is -2.22. The molecule has 0 aromatic carbocycles. The van der Waals surface area contributed by atoms with Crippen LogP contribution >= 0.6 is 0 Å². The molecular weight excluding hydrogens is 749 g/mol. The van der Waals surface area contributed by atoms with Crippen LogP contribution in [-0.4, -0.2) is 84.1 Å². The van der Waals surface area contributed by atoms with Crippen LogP contribution in [0.2, 0.25) is 0 Å². The summed E-state index contributed by atoms with van der Waals surface area (Å²) in [5, 5.41) is 0. The molecule has 0 saturated carbocycles. The molecular formula is C48H96N2O7S. The molecule has 0 aliphatic carbocycles. The van der Waals surface area contributed by atoms with Crippen molar-refractivity contribution in [3.63, 3.8) is 0 Å². The summed E-state index contributed by atoms with van der Waals surface area (Å²) >= 11 is 0. The van der Waals surface area contributed by atoms with Gasteiger partial charge in [-0.05, 0) is 76.4 Å². The van der Waals surface area contributed by atoms with E-state index in [9.17, 15) is 18.0 Å². The van der Waals surface area contributed by atoms with Gasteiger partial charge in [-0.25, -0.2) is 13.1 Å². The molecule has 0 heterocycles. The summed E-state index contributed by atoms with van der Waals surface area (Å²) < 4.78 is 43.3. The number of hydrogen-bond acceptors (Lipinski definition) is 8. The van der Waals surface area contributed by atoms with E-state index in [0.29, 0.717) is 44.4 Å². The number of esters is 2. The first-order valence-corrected chi connectivity index (χ1v) is 26.4. The van der Waals surface area contributed by atoms with Gasteiger partial charge in [-0.2, -0.15) is 0 Å². The van der Waals surface area contributed by atoms with Crippen molar-refractivity contribution in [2.24, 2.45) is 11.8 Å². The van der Waals surface area contributed by atoms with E-state index in [2.05, 4.69) is 37.3 Å². The molecule has 0 aliphatic heterocycles. The molecule has 0 bridgehead atoms. The lowest BCUT2D eigenvalue weighted by Crippen LogP contribution is -2.33. The highest BCUT2D eigenvalue weighted by molar-refractivity contribution is 7.89. The van der Waals surface area contributed by atoms with Crippen molar-refractivity contribution in [2.75, 3.05) is 58.9 Å². The third-order valence-electron chi connectivity index (χ3n) is 11.7. The first-order valence-electron chi connectivity index (χ1n) is 24.7. The van der Waals surface area contributed by atoms with Crippen molar-refractivity contribution in [2.45, 2.75) is 227 Å². The molecule has 0 amide bonds. The molecule has 0 saturated heterocycles. The standard InChI is InChI=1S/C48H96N2O7S/c1-6-10-20-29-45(30-21-11-7-2)35-41-56-47(51)33-24-16-14-18-26-38-50(40-28-37-49-58(53,54)44-43-55-5)39-27-19-15-17-25-34-48(52)57-42-36-46(31-22-12-8-3)32-23-13-9-4/h45-46,49H,6-44H2,1-5H3. The Morgan fingerprint density at radius 2 is 0.862 bits per heavy atom. The van der Waals surface area contributed by atoms with Gasteiger partial charge in [-0.15, -0.1) is 0 Å². The van der Waals surface area contributed by atoms with Crippen LogP contribution in [0.4, 0.5) is 0 Å². The highest BCUT2D eigenvalue weighted by atomic mass is 32.2. The molecule has 0 unspecified atom stereocenters. The number of carbonyl (C=O) groups is 2. The first-order chi connectivity index (χ1) is 28.2. The summed E-state index contributed by atoms with van der Waals surface area (Å²) in [6, 6.07) is 0. The minimum Gasteiger partial charge on any atom is -0.466 e. The Hall–Kier alpha value is -1.23. The molecule has 10 heteroatoms. The normalized spacial score (nSPS) is 12.0. The van der Waals surface area contributed by atoms with Gasteiger partial charge < -0.3 is 19.1 Å².